The predicted octanol–water partition coefficient (Wildman–Crippen LogP) is 5.57. The molecule has 10 nitrogen and oxygen atoms in total. The number of nitrogens with one attached hydrogen (secondary N) is 1. The third-order valence-corrected chi connectivity index (χ3v) is 7.85. The molecule has 1 aromatic carbocycles. The van der Waals surface area contributed by atoms with Crippen LogP contribution in [0.3, 0.4) is 0 Å². The minimum absolute atomic E-state index is 0.0106. The lowest BCUT2D eigenvalue weighted by atomic mass is 9.79. The van der Waals surface area contributed by atoms with Crippen molar-refractivity contribution in [1.29, 1.82) is 0 Å². The van der Waals surface area contributed by atoms with Gasteiger partial charge in [-0.3, -0.25) is 9.59 Å². The number of rotatable bonds is 8. The first-order valence-electron chi connectivity index (χ1n) is 15.6. The Morgan fingerprint density at radius 2 is 1.40 bits per heavy atom. The number of hydrogen-bond donors (Lipinski definition) is 1. The van der Waals surface area contributed by atoms with Crippen LogP contribution in [-0.4, -0.2) is 83.8 Å². The lowest BCUT2D eigenvalue weighted by molar-refractivity contribution is -0.158. The van der Waals surface area contributed by atoms with Crippen molar-refractivity contribution in [3.63, 3.8) is 0 Å². The third-order valence-electron chi connectivity index (χ3n) is 7.85. The van der Waals surface area contributed by atoms with Crippen LogP contribution in [0, 0.1) is 18.8 Å². The van der Waals surface area contributed by atoms with E-state index in [1.807, 2.05) is 43.6 Å². The summed E-state index contributed by atoms with van der Waals surface area (Å²) in [6, 6.07) is 4.44. The summed E-state index contributed by atoms with van der Waals surface area (Å²) >= 11 is 0. The van der Waals surface area contributed by atoms with Crippen LogP contribution >= 0.6 is 0 Å². The summed E-state index contributed by atoms with van der Waals surface area (Å²) in [5.41, 5.74) is 0.870. The zero-order valence-electron chi connectivity index (χ0n) is 27.3. The van der Waals surface area contributed by atoms with Gasteiger partial charge in [0.25, 0.3) is 5.91 Å². The first-order valence-corrected chi connectivity index (χ1v) is 15.6. The van der Waals surface area contributed by atoms with Gasteiger partial charge in [0.15, 0.2) is 0 Å². The van der Waals surface area contributed by atoms with E-state index in [4.69, 9.17) is 14.2 Å². The van der Waals surface area contributed by atoms with Crippen LogP contribution in [0.15, 0.2) is 18.2 Å². The van der Waals surface area contributed by atoms with E-state index in [1.165, 1.54) is 0 Å². The van der Waals surface area contributed by atoms with E-state index in [0.29, 0.717) is 49.3 Å². The Morgan fingerprint density at radius 1 is 0.860 bits per heavy atom. The molecule has 0 spiro atoms. The number of carbonyl (C=O) groups excluding carboxylic acids is 4. The molecule has 0 radical (unpaired) electrons. The first kappa shape index (κ1) is 34.2. The Morgan fingerprint density at radius 3 is 1.88 bits per heavy atom. The van der Waals surface area contributed by atoms with Gasteiger partial charge in [0.1, 0.15) is 17.2 Å². The van der Waals surface area contributed by atoms with E-state index in [9.17, 15) is 19.2 Å². The average molecular weight is 602 g/mol. The highest BCUT2D eigenvalue weighted by molar-refractivity contribution is 5.95. The minimum atomic E-state index is -0.912. The number of ether oxygens (including phenoxy) is 3. The summed E-state index contributed by atoms with van der Waals surface area (Å²) in [5, 5.41) is 3.12. The number of amides is 2. The van der Waals surface area contributed by atoms with Gasteiger partial charge in [-0.25, -0.2) is 9.59 Å². The normalized spacial score (nSPS) is 17.7. The number of esters is 2. The number of benzene rings is 1. The van der Waals surface area contributed by atoms with Gasteiger partial charge in [0.2, 0.25) is 0 Å². The molecule has 0 aliphatic carbocycles. The molecule has 10 heteroatoms. The van der Waals surface area contributed by atoms with Crippen LogP contribution in [0.1, 0.15) is 96.5 Å². The molecule has 0 bridgehead atoms. The molecule has 0 aromatic heterocycles. The second-order valence-electron chi connectivity index (χ2n) is 13.7. The van der Waals surface area contributed by atoms with Crippen LogP contribution in [0.4, 0.5) is 10.5 Å². The molecule has 2 saturated heterocycles. The maximum absolute atomic E-state index is 13.4. The van der Waals surface area contributed by atoms with Crippen LogP contribution in [0.5, 0.6) is 0 Å². The van der Waals surface area contributed by atoms with Gasteiger partial charge in [0, 0.05) is 37.4 Å². The van der Waals surface area contributed by atoms with E-state index < -0.39 is 29.2 Å². The largest absolute Gasteiger partial charge is 0.464 e. The second-order valence-corrected chi connectivity index (χ2v) is 13.7. The van der Waals surface area contributed by atoms with Crippen molar-refractivity contribution >= 4 is 29.6 Å². The van der Waals surface area contributed by atoms with Crippen LogP contribution in [0.2, 0.25) is 0 Å². The minimum Gasteiger partial charge on any atom is -0.464 e. The molecular weight excluding hydrogens is 550 g/mol. The molecule has 2 amide bonds. The van der Waals surface area contributed by atoms with Crippen molar-refractivity contribution in [1.82, 2.24) is 9.80 Å². The highest BCUT2D eigenvalue weighted by Crippen LogP contribution is 2.33. The number of nitrogens with zero attached hydrogens (tertiary/aromatic N) is 2. The van der Waals surface area contributed by atoms with Crippen LogP contribution < -0.4 is 5.32 Å². The highest BCUT2D eigenvalue weighted by atomic mass is 16.6. The van der Waals surface area contributed by atoms with E-state index >= 15 is 0 Å². The quantitative estimate of drug-likeness (QED) is 0.304. The average Bonchev–Trinajstić information content (AvgIpc) is 2.91. The third kappa shape index (κ3) is 10.4. The molecule has 3 rings (SSSR count). The fraction of sp³-hybridized carbons (Fsp3) is 0.697. The molecule has 1 unspecified atom stereocenters. The molecule has 1 N–H and O–H groups in total. The van der Waals surface area contributed by atoms with Crippen molar-refractivity contribution in [2.45, 2.75) is 105 Å². The van der Waals surface area contributed by atoms with Crippen molar-refractivity contribution in [2.75, 3.05) is 38.1 Å². The number of aryl methyl sites for hydroxylation is 1. The van der Waals surface area contributed by atoms with Crippen molar-refractivity contribution in [3.05, 3.63) is 29.3 Å². The van der Waals surface area contributed by atoms with Crippen molar-refractivity contribution < 1.29 is 33.4 Å². The summed E-state index contributed by atoms with van der Waals surface area (Å²) in [7, 11) is 0. The Labute approximate surface area is 256 Å². The number of carbonyl (C=O) groups is 4. The molecule has 43 heavy (non-hydrogen) atoms. The first-order chi connectivity index (χ1) is 20.1. The van der Waals surface area contributed by atoms with Gasteiger partial charge >= 0.3 is 18.0 Å². The second kappa shape index (κ2) is 14.4. The van der Waals surface area contributed by atoms with Gasteiger partial charge in [-0.2, -0.15) is 0 Å². The topological polar surface area (TPSA) is 114 Å². The van der Waals surface area contributed by atoms with Gasteiger partial charge in [-0.15, -0.1) is 0 Å². The molecular formula is C33H51N3O7. The Hall–Kier alpha value is -3.30. The standard InChI is InChI=1S/C33H51N3O7/c1-9-41-30(39)27(21-28(37)42-32(3,4)5)34-26-11-10-25(20-22(26)2)29(38)35-16-12-23(13-17-35)24-14-18-36(19-15-24)31(40)43-33(6,7)8/h10-11,20,23-24,27,34H,9,12-19,21H2,1-8H3. The van der Waals surface area contributed by atoms with Gasteiger partial charge < -0.3 is 29.3 Å². The maximum atomic E-state index is 13.4. The smallest absolute Gasteiger partial charge is 0.410 e. The Bertz CT molecular complexity index is 1140. The predicted molar refractivity (Wildman–Crippen MR) is 165 cm³/mol. The van der Waals surface area contributed by atoms with Gasteiger partial charge in [0.05, 0.1) is 13.0 Å². The summed E-state index contributed by atoms with van der Waals surface area (Å²) in [4.78, 5) is 54.6. The molecule has 240 valence electrons. The fourth-order valence-electron chi connectivity index (χ4n) is 5.77. The maximum Gasteiger partial charge on any atom is 0.410 e. The summed E-state index contributed by atoms with van der Waals surface area (Å²) in [6.45, 7) is 17.6. The zero-order valence-corrected chi connectivity index (χ0v) is 27.3. The molecule has 1 aromatic rings. The number of hydrogen-bond acceptors (Lipinski definition) is 8. The molecule has 1 atom stereocenters. The van der Waals surface area contributed by atoms with Gasteiger partial charge in [-0.1, -0.05) is 0 Å². The lowest BCUT2D eigenvalue weighted by Gasteiger charge is -2.40. The Balaban J connectivity index is 1.54. The molecule has 2 fully saturated rings. The lowest BCUT2D eigenvalue weighted by Crippen LogP contribution is -2.45. The number of piperidine rings is 2. The molecule has 2 aliphatic heterocycles. The fourth-order valence-corrected chi connectivity index (χ4v) is 5.77. The highest BCUT2D eigenvalue weighted by Gasteiger charge is 2.34. The van der Waals surface area contributed by atoms with Crippen molar-refractivity contribution in [2.24, 2.45) is 11.8 Å². The molecule has 2 aliphatic rings. The summed E-state index contributed by atoms with van der Waals surface area (Å²) < 4.78 is 16.1. The van der Waals surface area contributed by atoms with Gasteiger partial charge in [-0.05, 0) is 117 Å². The van der Waals surface area contributed by atoms with Crippen LogP contribution in [-0.2, 0) is 23.8 Å². The van der Waals surface area contributed by atoms with E-state index in [1.54, 1.807) is 39.8 Å². The molecule has 0 saturated carbocycles. The van der Waals surface area contributed by atoms with E-state index in [-0.39, 0.29) is 25.0 Å². The van der Waals surface area contributed by atoms with E-state index in [2.05, 4.69) is 5.32 Å². The van der Waals surface area contributed by atoms with Crippen LogP contribution in [0.25, 0.3) is 0 Å². The summed E-state index contributed by atoms with van der Waals surface area (Å²) in [6.07, 6.45) is 3.42. The summed E-state index contributed by atoms with van der Waals surface area (Å²) in [5.74, 6) is 0.0498. The van der Waals surface area contributed by atoms with Crippen molar-refractivity contribution in [3.8, 4) is 0 Å². The monoisotopic (exact) mass is 601 g/mol. The molecule has 2 heterocycles. The Kier molecular flexibility index (Phi) is 11.5. The number of anilines is 1. The number of likely N-dealkylation sites (tertiary alicyclic amines) is 2. The van der Waals surface area contributed by atoms with E-state index in [0.717, 1.165) is 31.2 Å². The SMILES string of the molecule is CCOC(=O)C(CC(=O)OC(C)(C)C)Nc1ccc(C(=O)N2CCC(C3CCN(C(=O)OC(C)(C)C)CC3)CC2)cc1C. The zero-order chi connectivity index (χ0) is 31.9.